The van der Waals surface area contributed by atoms with Crippen molar-refractivity contribution in [3.05, 3.63) is 33.8 Å². The van der Waals surface area contributed by atoms with E-state index < -0.39 is 0 Å². The summed E-state index contributed by atoms with van der Waals surface area (Å²) in [6.07, 6.45) is -0.162. The summed E-state index contributed by atoms with van der Waals surface area (Å²) in [7, 11) is 1.60. The smallest absolute Gasteiger partial charge is 0.0957 e. The van der Waals surface area contributed by atoms with E-state index in [-0.39, 0.29) is 18.5 Å². The van der Waals surface area contributed by atoms with Crippen LogP contribution in [0.15, 0.2) is 18.2 Å². The van der Waals surface area contributed by atoms with Crippen LogP contribution in [0.25, 0.3) is 0 Å². The molecule has 0 bridgehead atoms. The van der Waals surface area contributed by atoms with Gasteiger partial charge in [-0.1, -0.05) is 29.3 Å². The van der Waals surface area contributed by atoms with Crippen molar-refractivity contribution in [2.24, 2.45) is 5.73 Å². The van der Waals surface area contributed by atoms with E-state index in [9.17, 15) is 0 Å². The zero-order valence-corrected chi connectivity index (χ0v) is 9.99. The molecule has 0 aliphatic carbocycles. The zero-order chi connectivity index (χ0) is 9.84. The lowest BCUT2D eigenvalue weighted by Crippen LogP contribution is -2.14. The van der Waals surface area contributed by atoms with Crippen LogP contribution in [-0.2, 0) is 4.74 Å². The number of hydrogen-bond donors (Lipinski definition) is 1. The SMILES string of the molecule is COC(CN)c1ccc(Cl)cc1Cl.Cl. The maximum Gasteiger partial charge on any atom is 0.0957 e. The Hall–Kier alpha value is 0.01000. The molecule has 0 aromatic heterocycles. The number of halogens is 3. The Morgan fingerprint density at radius 1 is 1.43 bits per heavy atom. The van der Waals surface area contributed by atoms with Crippen molar-refractivity contribution < 1.29 is 4.74 Å². The summed E-state index contributed by atoms with van der Waals surface area (Å²) >= 11 is 11.7. The number of methoxy groups -OCH3 is 1. The minimum absolute atomic E-state index is 0. The van der Waals surface area contributed by atoms with E-state index in [1.807, 2.05) is 6.07 Å². The van der Waals surface area contributed by atoms with Gasteiger partial charge in [-0.3, -0.25) is 0 Å². The summed E-state index contributed by atoms with van der Waals surface area (Å²) in [6.45, 7) is 0.401. The van der Waals surface area contributed by atoms with Crippen LogP contribution in [-0.4, -0.2) is 13.7 Å². The van der Waals surface area contributed by atoms with E-state index in [1.54, 1.807) is 19.2 Å². The Morgan fingerprint density at radius 2 is 2.07 bits per heavy atom. The normalized spacial score (nSPS) is 12.0. The van der Waals surface area contributed by atoms with Crippen LogP contribution in [0.4, 0.5) is 0 Å². The van der Waals surface area contributed by atoms with Crippen molar-refractivity contribution in [3.63, 3.8) is 0 Å². The molecule has 1 unspecified atom stereocenters. The molecule has 2 nitrogen and oxygen atoms in total. The van der Waals surface area contributed by atoms with Gasteiger partial charge in [0.25, 0.3) is 0 Å². The standard InChI is InChI=1S/C9H11Cl2NO.ClH/c1-13-9(5-12)7-3-2-6(10)4-8(7)11;/h2-4,9H,5,12H2,1H3;1H. The van der Waals surface area contributed by atoms with Crippen molar-refractivity contribution in [1.29, 1.82) is 0 Å². The second-order valence-corrected chi connectivity index (χ2v) is 3.47. The van der Waals surface area contributed by atoms with Crippen molar-refractivity contribution in [2.45, 2.75) is 6.10 Å². The molecule has 0 saturated carbocycles. The molecule has 0 radical (unpaired) electrons. The van der Waals surface area contributed by atoms with Crippen molar-refractivity contribution in [1.82, 2.24) is 0 Å². The number of hydrogen-bond acceptors (Lipinski definition) is 2. The van der Waals surface area contributed by atoms with E-state index in [0.29, 0.717) is 16.6 Å². The van der Waals surface area contributed by atoms with Gasteiger partial charge in [0.05, 0.1) is 6.10 Å². The van der Waals surface area contributed by atoms with Gasteiger partial charge in [0.15, 0.2) is 0 Å². The zero-order valence-electron chi connectivity index (χ0n) is 7.67. The average Bonchev–Trinajstić information content (AvgIpc) is 2.10. The average molecular weight is 257 g/mol. The van der Waals surface area contributed by atoms with Gasteiger partial charge in [-0.25, -0.2) is 0 Å². The summed E-state index contributed by atoms with van der Waals surface area (Å²) < 4.78 is 5.15. The van der Waals surface area contributed by atoms with E-state index in [1.165, 1.54) is 0 Å². The highest BCUT2D eigenvalue weighted by molar-refractivity contribution is 6.35. The molecule has 0 saturated heterocycles. The molecule has 0 fully saturated rings. The molecule has 0 heterocycles. The number of benzene rings is 1. The molecule has 1 rings (SSSR count). The van der Waals surface area contributed by atoms with Gasteiger partial charge < -0.3 is 10.5 Å². The van der Waals surface area contributed by atoms with Crippen molar-refractivity contribution in [2.75, 3.05) is 13.7 Å². The molecule has 14 heavy (non-hydrogen) atoms. The minimum Gasteiger partial charge on any atom is -0.375 e. The molecule has 0 aliphatic rings. The first kappa shape index (κ1) is 14.0. The van der Waals surface area contributed by atoms with Gasteiger partial charge in [0.1, 0.15) is 0 Å². The van der Waals surface area contributed by atoms with Crippen LogP contribution < -0.4 is 5.73 Å². The topological polar surface area (TPSA) is 35.2 Å². The fraction of sp³-hybridized carbons (Fsp3) is 0.333. The third kappa shape index (κ3) is 3.30. The molecule has 1 aromatic carbocycles. The molecule has 0 amide bonds. The molecule has 1 atom stereocenters. The number of ether oxygens (including phenoxy) is 1. The number of rotatable bonds is 3. The van der Waals surface area contributed by atoms with Crippen molar-refractivity contribution >= 4 is 35.6 Å². The van der Waals surface area contributed by atoms with Crippen LogP contribution >= 0.6 is 35.6 Å². The first-order valence-electron chi connectivity index (χ1n) is 3.87. The molecular formula is C9H12Cl3NO. The van der Waals surface area contributed by atoms with Gasteiger partial charge in [-0.15, -0.1) is 12.4 Å². The minimum atomic E-state index is -0.162. The lowest BCUT2D eigenvalue weighted by molar-refractivity contribution is 0.110. The maximum absolute atomic E-state index is 5.96. The predicted molar refractivity (Wildman–Crippen MR) is 62.5 cm³/mol. The Morgan fingerprint density at radius 3 is 2.50 bits per heavy atom. The Bertz CT molecular complexity index is 289. The highest BCUT2D eigenvalue weighted by Crippen LogP contribution is 2.27. The van der Waals surface area contributed by atoms with Crippen LogP contribution in [0.1, 0.15) is 11.7 Å². The third-order valence-corrected chi connectivity index (χ3v) is 2.37. The highest BCUT2D eigenvalue weighted by Gasteiger charge is 2.11. The molecular weight excluding hydrogens is 244 g/mol. The summed E-state index contributed by atoms with van der Waals surface area (Å²) in [6, 6.07) is 5.27. The second-order valence-electron chi connectivity index (χ2n) is 2.63. The van der Waals surface area contributed by atoms with E-state index in [2.05, 4.69) is 0 Å². The summed E-state index contributed by atoms with van der Waals surface area (Å²) in [5.41, 5.74) is 6.38. The molecule has 0 spiro atoms. The summed E-state index contributed by atoms with van der Waals surface area (Å²) in [4.78, 5) is 0. The Kier molecular flexibility index (Phi) is 6.49. The monoisotopic (exact) mass is 255 g/mol. The highest BCUT2D eigenvalue weighted by atomic mass is 35.5. The van der Waals surface area contributed by atoms with Crippen LogP contribution in [0, 0.1) is 0 Å². The first-order valence-corrected chi connectivity index (χ1v) is 4.62. The molecule has 80 valence electrons. The van der Waals surface area contributed by atoms with E-state index in [0.717, 1.165) is 5.56 Å². The fourth-order valence-corrected chi connectivity index (χ4v) is 1.64. The molecule has 0 aliphatic heterocycles. The van der Waals surface area contributed by atoms with Crippen LogP contribution in [0.5, 0.6) is 0 Å². The van der Waals surface area contributed by atoms with E-state index >= 15 is 0 Å². The molecule has 1 aromatic rings. The van der Waals surface area contributed by atoms with Gasteiger partial charge in [0, 0.05) is 29.3 Å². The van der Waals surface area contributed by atoms with Gasteiger partial charge in [-0.2, -0.15) is 0 Å². The fourth-order valence-electron chi connectivity index (χ4n) is 1.11. The van der Waals surface area contributed by atoms with Crippen LogP contribution in [0.2, 0.25) is 10.0 Å². The summed E-state index contributed by atoms with van der Waals surface area (Å²) in [5.74, 6) is 0. The van der Waals surface area contributed by atoms with Crippen molar-refractivity contribution in [3.8, 4) is 0 Å². The Labute approximate surface area is 99.7 Å². The van der Waals surface area contributed by atoms with E-state index in [4.69, 9.17) is 33.7 Å². The van der Waals surface area contributed by atoms with Gasteiger partial charge in [-0.05, 0) is 12.1 Å². The quantitative estimate of drug-likeness (QED) is 0.902. The molecule has 2 N–H and O–H groups in total. The maximum atomic E-state index is 5.96. The lowest BCUT2D eigenvalue weighted by Gasteiger charge is -2.14. The molecule has 5 heteroatoms. The third-order valence-electron chi connectivity index (χ3n) is 1.81. The van der Waals surface area contributed by atoms with Gasteiger partial charge >= 0.3 is 0 Å². The first-order chi connectivity index (χ1) is 6.19. The van der Waals surface area contributed by atoms with Crippen LogP contribution in [0.3, 0.4) is 0 Å². The number of nitrogens with two attached hydrogens (primary N) is 1. The van der Waals surface area contributed by atoms with Gasteiger partial charge in [0.2, 0.25) is 0 Å². The second kappa shape index (κ2) is 6.49. The predicted octanol–water partition coefficient (Wildman–Crippen LogP) is 3.06. The largest absolute Gasteiger partial charge is 0.375 e. The summed E-state index contributed by atoms with van der Waals surface area (Å²) in [5, 5.41) is 1.20. The Balaban J connectivity index is 0.00000169. The lowest BCUT2D eigenvalue weighted by atomic mass is 10.1.